The molecule has 2 N–H and O–H groups in total. The molecule has 0 amide bonds. The summed E-state index contributed by atoms with van der Waals surface area (Å²) in [5.41, 5.74) is 8.10. The number of nitrogens with two attached hydrogens (primary N) is 1. The summed E-state index contributed by atoms with van der Waals surface area (Å²) >= 11 is 6.79. The highest BCUT2D eigenvalue weighted by molar-refractivity contribution is 9.10. The summed E-state index contributed by atoms with van der Waals surface area (Å²) < 4.78 is 20.1. The largest absolute Gasteiger partial charge is 0.496 e. The first-order valence-electron chi connectivity index (χ1n) is 6.04. The van der Waals surface area contributed by atoms with Gasteiger partial charge in [0.1, 0.15) is 11.6 Å². The van der Waals surface area contributed by atoms with E-state index in [1.165, 1.54) is 12.1 Å². The molecule has 106 valence electrons. The second-order valence-corrected chi connectivity index (χ2v) is 6.20. The number of hydrogen-bond acceptors (Lipinski definition) is 2. The molecule has 1 atom stereocenters. The molecule has 0 fully saturated rings. The van der Waals surface area contributed by atoms with Crippen molar-refractivity contribution in [3.05, 3.63) is 62.3 Å². The summed E-state index contributed by atoms with van der Waals surface area (Å²) in [6.07, 6.45) is 0.604. The zero-order valence-corrected chi connectivity index (χ0v) is 14.0. The Balaban J connectivity index is 2.27. The van der Waals surface area contributed by atoms with Crippen LogP contribution in [0.15, 0.2) is 45.3 Å². The Labute approximate surface area is 134 Å². The van der Waals surface area contributed by atoms with E-state index in [0.717, 1.165) is 21.3 Å². The van der Waals surface area contributed by atoms with E-state index in [4.69, 9.17) is 10.5 Å². The van der Waals surface area contributed by atoms with Crippen LogP contribution in [0.3, 0.4) is 0 Å². The van der Waals surface area contributed by atoms with Gasteiger partial charge in [0.2, 0.25) is 0 Å². The predicted octanol–water partition coefficient (Wildman–Crippen LogP) is 4.60. The highest BCUT2D eigenvalue weighted by Crippen LogP contribution is 2.30. The van der Waals surface area contributed by atoms with E-state index in [1.54, 1.807) is 13.2 Å². The van der Waals surface area contributed by atoms with Gasteiger partial charge in [0.25, 0.3) is 0 Å². The predicted molar refractivity (Wildman–Crippen MR) is 85.4 cm³/mol. The van der Waals surface area contributed by atoms with Gasteiger partial charge < -0.3 is 10.5 Å². The number of methoxy groups -OCH3 is 1. The van der Waals surface area contributed by atoms with Crippen LogP contribution in [-0.2, 0) is 6.42 Å². The summed E-state index contributed by atoms with van der Waals surface area (Å²) in [4.78, 5) is 0. The minimum Gasteiger partial charge on any atom is -0.496 e. The molecule has 0 radical (unpaired) electrons. The second kappa shape index (κ2) is 6.70. The number of hydrogen-bond donors (Lipinski definition) is 1. The van der Waals surface area contributed by atoms with Gasteiger partial charge in [-0.1, -0.05) is 37.9 Å². The molecule has 0 saturated carbocycles. The summed E-state index contributed by atoms with van der Waals surface area (Å²) in [7, 11) is 1.63. The Morgan fingerprint density at radius 3 is 2.60 bits per heavy atom. The Morgan fingerprint density at radius 1 is 1.20 bits per heavy atom. The molecular weight excluding hydrogens is 389 g/mol. The maximum atomic E-state index is 13.1. The molecule has 1 unspecified atom stereocenters. The third-order valence-electron chi connectivity index (χ3n) is 3.04. The van der Waals surface area contributed by atoms with Crippen LogP contribution in [0.1, 0.15) is 17.2 Å². The lowest BCUT2D eigenvalue weighted by molar-refractivity contribution is 0.408. The topological polar surface area (TPSA) is 35.2 Å². The quantitative estimate of drug-likeness (QED) is 0.810. The lowest BCUT2D eigenvalue weighted by Crippen LogP contribution is -2.14. The average Bonchev–Trinajstić information content (AvgIpc) is 2.38. The standard InChI is InChI=1S/C15H14Br2FNO/c1-20-15-5-2-10(16)6-9(15)7-14(19)12-4-3-11(18)8-13(12)17/h2-6,8,14H,7,19H2,1H3. The molecule has 0 saturated heterocycles. The molecule has 20 heavy (non-hydrogen) atoms. The van der Waals surface area contributed by atoms with Gasteiger partial charge in [-0.15, -0.1) is 0 Å². The number of halogens is 3. The molecule has 0 aliphatic carbocycles. The van der Waals surface area contributed by atoms with Gasteiger partial charge in [-0.2, -0.15) is 0 Å². The van der Waals surface area contributed by atoms with Crippen LogP contribution < -0.4 is 10.5 Å². The third-order valence-corrected chi connectivity index (χ3v) is 4.22. The van der Waals surface area contributed by atoms with E-state index in [-0.39, 0.29) is 11.9 Å². The minimum absolute atomic E-state index is 0.242. The maximum Gasteiger partial charge on any atom is 0.124 e. The number of ether oxygens (including phenoxy) is 1. The summed E-state index contributed by atoms with van der Waals surface area (Å²) in [6, 6.07) is 10.1. The number of rotatable bonds is 4. The van der Waals surface area contributed by atoms with Crippen LogP contribution >= 0.6 is 31.9 Å². The molecule has 2 rings (SSSR count). The van der Waals surface area contributed by atoms with E-state index in [2.05, 4.69) is 31.9 Å². The van der Waals surface area contributed by atoms with Gasteiger partial charge in [0, 0.05) is 15.0 Å². The first kappa shape index (κ1) is 15.5. The van der Waals surface area contributed by atoms with Crippen LogP contribution in [0.2, 0.25) is 0 Å². The first-order chi connectivity index (χ1) is 9.51. The smallest absolute Gasteiger partial charge is 0.124 e. The fraction of sp³-hybridized carbons (Fsp3) is 0.200. The van der Waals surface area contributed by atoms with Crippen molar-refractivity contribution in [2.24, 2.45) is 5.73 Å². The van der Waals surface area contributed by atoms with Crippen molar-refractivity contribution in [1.82, 2.24) is 0 Å². The van der Waals surface area contributed by atoms with Crippen LogP contribution in [0.25, 0.3) is 0 Å². The van der Waals surface area contributed by atoms with Gasteiger partial charge in [0.15, 0.2) is 0 Å². The average molecular weight is 403 g/mol. The molecule has 0 aliphatic heterocycles. The van der Waals surface area contributed by atoms with Crippen molar-refractivity contribution < 1.29 is 9.13 Å². The van der Waals surface area contributed by atoms with Crippen LogP contribution in [0.4, 0.5) is 4.39 Å². The molecule has 0 spiro atoms. The molecule has 0 aromatic heterocycles. The Morgan fingerprint density at radius 2 is 1.95 bits per heavy atom. The van der Waals surface area contributed by atoms with E-state index in [1.807, 2.05) is 18.2 Å². The van der Waals surface area contributed by atoms with Gasteiger partial charge in [-0.05, 0) is 47.9 Å². The van der Waals surface area contributed by atoms with Crippen molar-refractivity contribution >= 4 is 31.9 Å². The maximum absolute atomic E-state index is 13.1. The Hall–Kier alpha value is -0.910. The minimum atomic E-state index is -0.284. The fourth-order valence-corrected chi connectivity index (χ4v) is 3.11. The molecule has 2 aromatic rings. The molecule has 0 heterocycles. The third kappa shape index (κ3) is 3.59. The number of benzene rings is 2. The monoisotopic (exact) mass is 401 g/mol. The summed E-state index contributed by atoms with van der Waals surface area (Å²) in [5.74, 6) is 0.509. The van der Waals surface area contributed by atoms with Gasteiger partial charge >= 0.3 is 0 Å². The van der Waals surface area contributed by atoms with E-state index in [0.29, 0.717) is 10.9 Å². The molecule has 0 aliphatic rings. The summed E-state index contributed by atoms with van der Waals surface area (Å²) in [6.45, 7) is 0. The van der Waals surface area contributed by atoms with Crippen LogP contribution in [0.5, 0.6) is 5.75 Å². The van der Waals surface area contributed by atoms with Crippen molar-refractivity contribution in [3.63, 3.8) is 0 Å². The normalized spacial score (nSPS) is 12.2. The van der Waals surface area contributed by atoms with Gasteiger partial charge in [0.05, 0.1) is 7.11 Å². The Kier molecular flexibility index (Phi) is 5.18. The zero-order valence-electron chi connectivity index (χ0n) is 10.9. The van der Waals surface area contributed by atoms with Crippen molar-refractivity contribution in [2.45, 2.75) is 12.5 Å². The SMILES string of the molecule is COc1ccc(Br)cc1CC(N)c1ccc(F)cc1Br. The second-order valence-electron chi connectivity index (χ2n) is 4.43. The summed E-state index contributed by atoms with van der Waals surface area (Å²) in [5, 5.41) is 0. The molecule has 2 nitrogen and oxygen atoms in total. The van der Waals surface area contributed by atoms with Crippen molar-refractivity contribution in [1.29, 1.82) is 0 Å². The Bertz CT molecular complexity index is 619. The van der Waals surface area contributed by atoms with Crippen molar-refractivity contribution in [3.8, 4) is 5.75 Å². The van der Waals surface area contributed by atoms with Gasteiger partial charge in [-0.3, -0.25) is 0 Å². The van der Waals surface area contributed by atoms with Crippen molar-refractivity contribution in [2.75, 3.05) is 7.11 Å². The lowest BCUT2D eigenvalue weighted by Gasteiger charge is -2.16. The van der Waals surface area contributed by atoms with Crippen LogP contribution in [0, 0.1) is 5.82 Å². The zero-order chi connectivity index (χ0) is 14.7. The fourth-order valence-electron chi connectivity index (χ4n) is 2.06. The van der Waals surface area contributed by atoms with Gasteiger partial charge in [-0.25, -0.2) is 4.39 Å². The van der Waals surface area contributed by atoms with E-state index in [9.17, 15) is 4.39 Å². The highest BCUT2D eigenvalue weighted by Gasteiger charge is 2.14. The molecule has 5 heteroatoms. The van der Waals surface area contributed by atoms with Crippen LogP contribution in [-0.4, -0.2) is 7.11 Å². The molecular formula is C15H14Br2FNO. The molecule has 0 bridgehead atoms. The highest BCUT2D eigenvalue weighted by atomic mass is 79.9. The molecule has 2 aromatic carbocycles. The first-order valence-corrected chi connectivity index (χ1v) is 7.63. The van der Waals surface area contributed by atoms with E-state index >= 15 is 0 Å². The lowest BCUT2D eigenvalue weighted by atomic mass is 9.99. The van der Waals surface area contributed by atoms with E-state index < -0.39 is 0 Å².